The zero-order valence-electron chi connectivity index (χ0n) is 11.1. The van der Waals surface area contributed by atoms with Gasteiger partial charge >= 0.3 is 5.97 Å². The minimum atomic E-state index is -0.257. The van der Waals surface area contributed by atoms with Gasteiger partial charge in [0.25, 0.3) is 0 Å². The van der Waals surface area contributed by atoms with Crippen LogP contribution in [0.4, 0.5) is 0 Å². The second-order valence-corrected chi connectivity index (χ2v) is 4.78. The topological polar surface area (TPSA) is 47.6 Å². The maximum atomic E-state index is 11.4. The molecule has 0 saturated heterocycles. The van der Waals surface area contributed by atoms with Crippen molar-refractivity contribution in [2.75, 3.05) is 20.3 Å². The number of methoxy groups -OCH3 is 1. The van der Waals surface area contributed by atoms with Crippen LogP contribution in [0.2, 0.25) is 0 Å². The summed E-state index contributed by atoms with van der Waals surface area (Å²) in [5.74, 6) is -0.217. The van der Waals surface area contributed by atoms with Crippen LogP contribution in [0.25, 0.3) is 0 Å². The molecule has 0 aromatic heterocycles. The average molecular weight is 231 g/mol. The molecule has 0 aromatic carbocycles. The van der Waals surface area contributed by atoms with Gasteiger partial charge < -0.3 is 14.8 Å². The van der Waals surface area contributed by atoms with Crippen molar-refractivity contribution in [2.45, 2.75) is 52.2 Å². The molecule has 96 valence electrons. The Labute approximate surface area is 98.7 Å². The Morgan fingerprint density at radius 2 is 2.00 bits per heavy atom. The Bertz CT molecular complexity index is 199. The standard InChI is InChI=1S/C12H25NO3/c1-6-8-13-10(11(14)15-5)7-9-16-12(2,3)4/h10,13H,6-9H2,1-5H3. The van der Waals surface area contributed by atoms with Crippen LogP contribution < -0.4 is 5.32 Å². The first-order chi connectivity index (χ1) is 7.40. The molecular formula is C12H25NO3. The molecule has 4 nitrogen and oxygen atoms in total. The van der Waals surface area contributed by atoms with E-state index in [0.29, 0.717) is 13.0 Å². The highest BCUT2D eigenvalue weighted by Crippen LogP contribution is 2.08. The molecule has 0 aliphatic carbocycles. The lowest BCUT2D eigenvalue weighted by Crippen LogP contribution is -2.39. The van der Waals surface area contributed by atoms with Crippen molar-refractivity contribution in [2.24, 2.45) is 0 Å². The number of carbonyl (C=O) groups excluding carboxylic acids is 1. The first-order valence-electron chi connectivity index (χ1n) is 5.86. The second kappa shape index (κ2) is 7.63. The van der Waals surface area contributed by atoms with Gasteiger partial charge in [0.15, 0.2) is 0 Å². The fraction of sp³-hybridized carbons (Fsp3) is 0.917. The average Bonchev–Trinajstić information content (AvgIpc) is 2.20. The van der Waals surface area contributed by atoms with E-state index in [1.54, 1.807) is 0 Å². The SMILES string of the molecule is CCCNC(CCOC(C)(C)C)C(=O)OC. The zero-order valence-corrected chi connectivity index (χ0v) is 11.1. The molecule has 0 radical (unpaired) electrons. The Morgan fingerprint density at radius 3 is 2.44 bits per heavy atom. The Hall–Kier alpha value is -0.610. The van der Waals surface area contributed by atoms with E-state index in [1.807, 2.05) is 20.8 Å². The van der Waals surface area contributed by atoms with E-state index in [0.717, 1.165) is 13.0 Å². The van der Waals surface area contributed by atoms with Crippen LogP contribution in [0.15, 0.2) is 0 Å². The van der Waals surface area contributed by atoms with Crippen molar-refractivity contribution in [3.05, 3.63) is 0 Å². The molecular weight excluding hydrogens is 206 g/mol. The number of ether oxygens (including phenoxy) is 2. The summed E-state index contributed by atoms with van der Waals surface area (Å²) >= 11 is 0. The van der Waals surface area contributed by atoms with Gasteiger partial charge in [0, 0.05) is 6.61 Å². The number of rotatable bonds is 7. The maximum Gasteiger partial charge on any atom is 0.322 e. The largest absolute Gasteiger partial charge is 0.468 e. The van der Waals surface area contributed by atoms with E-state index < -0.39 is 0 Å². The summed E-state index contributed by atoms with van der Waals surface area (Å²) in [4.78, 5) is 11.4. The number of hydrogen-bond acceptors (Lipinski definition) is 4. The molecule has 0 bridgehead atoms. The van der Waals surface area contributed by atoms with Crippen LogP contribution in [-0.2, 0) is 14.3 Å². The molecule has 0 fully saturated rings. The fourth-order valence-corrected chi connectivity index (χ4v) is 1.25. The van der Waals surface area contributed by atoms with Crippen molar-refractivity contribution in [3.63, 3.8) is 0 Å². The van der Waals surface area contributed by atoms with Crippen molar-refractivity contribution >= 4 is 5.97 Å². The molecule has 0 aliphatic rings. The first-order valence-corrected chi connectivity index (χ1v) is 5.86. The van der Waals surface area contributed by atoms with E-state index in [4.69, 9.17) is 9.47 Å². The minimum Gasteiger partial charge on any atom is -0.468 e. The third-order valence-electron chi connectivity index (χ3n) is 2.07. The molecule has 0 heterocycles. The normalized spacial score (nSPS) is 13.6. The van der Waals surface area contributed by atoms with Crippen molar-refractivity contribution in [1.82, 2.24) is 5.32 Å². The van der Waals surface area contributed by atoms with Gasteiger partial charge in [-0.2, -0.15) is 0 Å². The van der Waals surface area contributed by atoms with E-state index in [-0.39, 0.29) is 17.6 Å². The summed E-state index contributed by atoms with van der Waals surface area (Å²) in [6.45, 7) is 9.43. The molecule has 0 amide bonds. The summed E-state index contributed by atoms with van der Waals surface area (Å²) in [7, 11) is 1.41. The monoisotopic (exact) mass is 231 g/mol. The molecule has 0 aliphatic heterocycles. The van der Waals surface area contributed by atoms with E-state index >= 15 is 0 Å². The van der Waals surface area contributed by atoms with Gasteiger partial charge in [-0.05, 0) is 40.2 Å². The van der Waals surface area contributed by atoms with Crippen LogP contribution in [0, 0.1) is 0 Å². The molecule has 1 N–H and O–H groups in total. The predicted octanol–water partition coefficient (Wildman–Crippen LogP) is 1.73. The number of carbonyl (C=O) groups is 1. The predicted molar refractivity (Wildman–Crippen MR) is 64.4 cm³/mol. The molecule has 16 heavy (non-hydrogen) atoms. The summed E-state index contributed by atoms with van der Waals surface area (Å²) in [6.07, 6.45) is 1.64. The molecule has 0 spiro atoms. The van der Waals surface area contributed by atoms with Gasteiger partial charge in [-0.1, -0.05) is 6.92 Å². The van der Waals surface area contributed by atoms with Crippen LogP contribution >= 0.6 is 0 Å². The number of esters is 1. The highest BCUT2D eigenvalue weighted by atomic mass is 16.5. The number of nitrogens with one attached hydrogen (secondary N) is 1. The van der Waals surface area contributed by atoms with E-state index in [9.17, 15) is 4.79 Å². The van der Waals surface area contributed by atoms with Gasteiger partial charge in [-0.3, -0.25) is 4.79 Å². The van der Waals surface area contributed by atoms with Gasteiger partial charge in [0.05, 0.1) is 12.7 Å². The van der Waals surface area contributed by atoms with Gasteiger partial charge in [-0.25, -0.2) is 0 Å². The van der Waals surface area contributed by atoms with Crippen LogP contribution in [-0.4, -0.2) is 37.9 Å². The highest BCUT2D eigenvalue weighted by Gasteiger charge is 2.19. The van der Waals surface area contributed by atoms with Gasteiger partial charge in [0.2, 0.25) is 0 Å². The van der Waals surface area contributed by atoms with Gasteiger partial charge in [-0.15, -0.1) is 0 Å². The summed E-state index contributed by atoms with van der Waals surface area (Å²) in [5, 5.41) is 3.15. The van der Waals surface area contributed by atoms with Crippen LogP contribution in [0.5, 0.6) is 0 Å². The Morgan fingerprint density at radius 1 is 1.38 bits per heavy atom. The smallest absolute Gasteiger partial charge is 0.322 e. The van der Waals surface area contributed by atoms with Crippen molar-refractivity contribution in [1.29, 1.82) is 0 Å². The Balaban J connectivity index is 3.96. The van der Waals surface area contributed by atoms with Crippen LogP contribution in [0.3, 0.4) is 0 Å². The second-order valence-electron chi connectivity index (χ2n) is 4.78. The molecule has 4 heteroatoms. The molecule has 0 aromatic rings. The highest BCUT2D eigenvalue weighted by molar-refractivity contribution is 5.75. The summed E-state index contributed by atoms with van der Waals surface area (Å²) in [5.41, 5.74) is -0.161. The molecule has 0 rings (SSSR count). The van der Waals surface area contributed by atoms with Crippen molar-refractivity contribution < 1.29 is 14.3 Å². The summed E-state index contributed by atoms with van der Waals surface area (Å²) < 4.78 is 10.3. The quantitative estimate of drug-likeness (QED) is 0.678. The lowest BCUT2D eigenvalue weighted by Gasteiger charge is -2.22. The third kappa shape index (κ3) is 7.65. The van der Waals surface area contributed by atoms with Crippen molar-refractivity contribution in [3.8, 4) is 0 Å². The molecule has 1 atom stereocenters. The first kappa shape index (κ1) is 15.4. The van der Waals surface area contributed by atoms with E-state index in [1.165, 1.54) is 7.11 Å². The maximum absolute atomic E-state index is 11.4. The van der Waals surface area contributed by atoms with Gasteiger partial charge in [0.1, 0.15) is 6.04 Å². The third-order valence-corrected chi connectivity index (χ3v) is 2.07. The fourth-order valence-electron chi connectivity index (χ4n) is 1.25. The minimum absolute atomic E-state index is 0.161. The molecule has 0 saturated carbocycles. The van der Waals surface area contributed by atoms with Crippen LogP contribution in [0.1, 0.15) is 40.5 Å². The lowest BCUT2D eigenvalue weighted by atomic mass is 10.1. The van der Waals surface area contributed by atoms with E-state index in [2.05, 4.69) is 12.2 Å². The molecule has 1 unspecified atom stereocenters. The Kier molecular flexibility index (Phi) is 7.34. The zero-order chi connectivity index (χ0) is 12.6. The lowest BCUT2D eigenvalue weighted by molar-refractivity contribution is -0.144. The summed E-state index contributed by atoms with van der Waals surface area (Å²) in [6, 6.07) is -0.257. The number of hydrogen-bond donors (Lipinski definition) is 1.